The van der Waals surface area contributed by atoms with Crippen LogP contribution in [0.15, 0.2) is 60.7 Å². The fraction of sp³-hybridized carbons (Fsp3) is 0.370. The summed E-state index contributed by atoms with van der Waals surface area (Å²) >= 11 is 0. The number of alkyl carbamates (subject to hydrolysis) is 1. The monoisotopic (exact) mass is 478 g/mol. The maximum Gasteiger partial charge on any atom is 0.407 e. The lowest BCUT2D eigenvalue weighted by Gasteiger charge is -2.25. The van der Waals surface area contributed by atoms with Gasteiger partial charge in [-0.15, -0.1) is 0 Å². The van der Waals surface area contributed by atoms with Crippen molar-refractivity contribution in [3.63, 3.8) is 0 Å². The number of carboxylic acids is 1. The minimum Gasteiger partial charge on any atom is -0.481 e. The number of carboxylic acid groups (broad SMARTS) is 1. The molecule has 0 spiro atoms. The number of benzene rings is 2. The van der Waals surface area contributed by atoms with Gasteiger partial charge in [-0.05, 0) is 35.1 Å². The van der Waals surface area contributed by atoms with E-state index in [1.807, 2.05) is 36.4 Å². The van der Waals surface area contributed by atoms with Crippen molar-refractivity contribution in [1.82, 2.24) is 10.6 Å². The van der Waals surface area contributed by atoms with Gasteiger partial charge in [-0.25, -0.2) is 4.79 Å². The van der Waals surface area contributed by atoms with Crippen LogP contribution in [0, 0.1) is 5.92 Å². The fourth-order valence-corrected chi connectivity index (χ4v) is 4.65. The Bertz CT molecular complexity index is 1050. The van der Waals surface area contributed by atoms with Crippen LogP contribution in [0.4, 0.5) is 4.79 Å². The van der Waals surface area contributed by atoms with E-state index in [1.54, 1.807) is 0 Å². The van der Waals surface area contributed by atoms with Gasteiger partial charge in [-0.1, -0.05) is 60.7 Å². The third-order valence-corrected chi connectivity index (χ3v) is 6.35. The number of hydrogen-bond acceptors (Lipinski definition) is 5. The van der Waals surface area contributed by atoms with Gasteiger partial charge in [0.25, 0.3) is 0 Å². The summed E-state index contributed by atoms with van der Waals surface area (Å²) in [5.74, 6) is -1.31. The second-order valence-electron chi connectivity index (χ2n) is 8.72. The Morgan fingerprint density at radius 2 is 1.66 bits per heavy atom. The van der Waals surface area contributed by atoms with Crippen molar-refractivity contribution in [2.75, 3.05) is 26.4 Å². The largest absolute Gasteiger partial charge is 0.481 e. The van der Waals surface area contributed by atoms with Crippen LogP contribution >= 0.6 is 0 Å². The highest BCUT2D eigenvalue weighted by Gasteiger charge is 2.30. The molecule has 8 heteroatoms. The molecule has 2 unspecified atom stereocenters. The predicted molar refractivity (Wildman–Crippen MR) is 130 cm³/mol. The zero-order valence-corrected chi connectivity index (χ0v) is 19.4. The molecule has 184 valence electrons. The lowest BCUT2D eigenvalue weighted by Crippen LogP contribution is -2.41. The quantitative estimate of drug-likeness (QED) is 0.356. The molecule has 0 saturated carbocycles. The number of hydrogen-bond donors (Lipinski definition) is 3. The first kappa shape index (κ1) is 24.5. The first-order chi connectivity index (χ1) is 17.0. The summed E-state index contributed by atoms with van der Waals surface area (Å²) in [6.45, 7) is 0.914. The van der Waals surface area contributed by atoms with Crippen LogP contribution in [0.5, 0.6) is 0 Å². The summed E-state index contributed by atoms with van der Waals surface area (Å²) in [6, 6.07) is 16.1. The highest BCUT2D eigenvalue weighted by atomic mass is 16.5. The number of allylic oxidation sites excluding steroid dienone is 1. The topological polar surface area (TPSA) is 114 Å². The third-order valence-electron chi connectivity index (χ3n) is 6.35. The number of nitrogens with one attached hydrogen (secondary N) is 2. The van der Waals surface area contributed by atoms with Crippen LogP contribution < -0.4 is 10.6 Å². The molecule has 0 heterocycles. The average Bonchev–Trinajstić information content (AvgIpc) is 3.18. The highest BCUT2D eigenvalue weighted by Crippen LogP contribution is 2.44. The Hall–Kier alpha value is -3.65. The smallest absolute Gasteiger partial charge is 0.407 e. The van der Waals surface area contributed by atoms with Gasteiger partial charge < -0.3 is 25.2 Å². The second kappa shape index (κ2) is 11.7. The fourth-order valence-electron chi connectivity index (χ4n) is 4.65. The number of ether oxygens (including phenoxy) is 2. The van der Waals surface area contributed by atoms with Crippen LogP contribution in [0.3, 0.4) is 0 Å². The molecule has 3 N–H and O–H groups in total. The number of carbonyl (C=O) groups excluding carboxylic acids is 2. The number of carbonyl (C=O) groups is 3. The molecule has 35 heavy (non-hydrogen) atoms. The van der Waals surface area contributed by atoms with E-state index in [9.17, 15) is 14.4 Å². The van der Waals surface area contributed by atoms with Crippen LogP contribution in [0.1, 0.15) is 36.3 Å². The van der Waals surface area contributed by atoms with Crippen LogP contribution in [0.2, 0.25) is 0 Å². The van der Waals surface area contributed by atoms with E-state index in [4.69, 9.17) is 14.6 Å². The molecule has 0 bridgehead atoms. The first-order valence-corrected chi connectivity index (χ1v) is 11.9. The molecule has 2 atom stereocenters. The molecule has 4 rings (SSSR count). The van der Waals surface area contributed by atoms with Crippen molar-refractivity contribution in [2.45, 2.75) is 31.2 Å². The van der Waals surface area contributed by atoms with Gasteiger partial charge in [0.05, 0.1) is 25.7 Å². The van der Waals surface area contributed by atoms with Crippen molar-refractivity contribution < 1.29 is 29.0 Å². The summed E-state index contributed by atoms with van der Waals surface area (Å²) in [4.78, 5) is 35.5. The van der Waals surface area contributed by atoms with Gasteiger partial charge in [0, 0.05) is 18.4 Å². The molecule has 0 saturated heterocycles. The molecule has 2 amide bonds. The lowest BCUT2D eigenvalue weighted by molar-refractivity contribution is -0.138. The van der Waals surface area contributed by atoms with E-state index in [2.05, 4.69) is 34.9 Å². The zero-order chi connectivity index (χ0) is 24.6. The van der Waals surface area contributed by atoms with Gasteiger partial charge in [0.2, 0.25) is 5.91 Å². The summed E-state index contributed by atoms with van der Waals surface area (Å²) in [7, 11) is 0. The van der Waals surface area contributed by atoms with E-state index in [0.717, 1.165) is 11.1 Å². The summed E-state index contributed by atoms with van der Waals surface area (Å²) < 4.78 is 10.8. The van der Waals surface area contributed by atoms with E-state index < -0.39 is 12.1 Å². The molecular weight excluding hydrogens is 448 g/mol. The van der Waals surface area contributed by atoms with E-state index in [-0.39, 0.29) is 50.0 Å². The minimum absolute atomic E-state index is 0.00806. The Morgan fingerprint density at radius 1 is 0.971 bits per heavy atom. The SMILES string of the molecule is O=C(O)CCOCCNC(=O)C1CC=CC(NC(=O)OCC2c3ccccc3-c3ccccc32)C1. The third kappa shape index (κ3) is 6.27. The number of amides is 2. The van der Waals surface area contributed by atoms with Gasteiger partial charge in [0.15, 0.2) is 0 Å². The van der Waals surface area contributed by atoms with Crippen LogP contribution in [0.25, 0.3) is 11.1 Å². The standard InChI is InChI=1S/C27H30N2O6/c30-25(31)12-14-34-15-13-28-26(32)18-6-5-7-19(16-18)29-27(33)35-17-24-22-10-3-1-8-20(22)21-9-2-4-11-23(21)24/h1-5,7-11,18-19,24H,6,12-17H2,(H,28,32)(H,29,33)(H,30,31). The Morgan fingerprint density at radius 3 is 2.34 bits per heavy atom. The summed E-state index contributed by atoms with van der Waals surface area (Å²) in [6.07, 6.45) is 4.28. The van der Waals surface area contributed by atoms with Gasteiger partial charge in [-0.3, -0.25) is 9.59 Å². The Labute approximate surface area is 204 Å². The average molecular weight is 479 g/mol. The Balaban J connectivity index is 1.23. The predicted octanol–water partition coefficient (Wildman–Crippen LogP) is 3.47. The van der Waals surface area contributed by atoms with Crippen molar-refractivity contribution in [3.8, 4) is 11.1 Å². The molecule has 0 aliphatic heterocycles. The summed E-state index contributed by atoms with van der Waals surface area (Å²) in [5.41, 5.74) is 4.66. The maximum absolute atomic E-state index is 12.6. The molecule has 8 nitrogen and oxygen atoms in total. The molecule has 2 aromatic carbocycles. The van der Waals surface area contributed by atoms with E-state index in [1.165, 1.54) is 11.1 Å². The number of rotatable bonds is 10. The highest BCUT2D eigenvalue weighted by molar-refractivity contribution is 5.80. The van der Waals surface area contributed by atoms with Gasteiger partial charge in [-0.2, -0.15) is 0 Å². The minimum atomic E-state index is -0.919. The second-order valence-corrected chi connectivity index (χ2v) is 8.72. The lowest BCUT2D eigenvalue weighted by atomic mass is 9.90. The zero-order valence-electron chi connectivity index (χ0n) is 19.4. The molecule has 2 aromatic rings. The van der Waals surface area contributed by atoms with Gasteiger partial charge in [0.1, 0.15) is 6.61 Å². The first-order valence-electron chi connectivity index (χ1n) is 11.9. The molecule has 0 radical (unpaired) electrons. The number of fused-ring (bicyclic) bond motifs is 3. The molecular formula is C27H30N2O6. The Kier molecular flexibility index (Phi) is 8.15. The van der Waals surface area contributed by atoms with E-state index in [0.29, 0.717) is 19.4 Å². The molecule has 2 aliphatic carbocycles. The van der Waals surface area contributed by atoms with Crippen molar-refractivity contribution in [3.05, 3.63) is 71.8 Å². The molecule has 0 fully saturated rings. The van der Waals surface area contributed by atoms with Crippen molar-refractivity contribution in [2.24, 2.45) is 5.92 Å². The van der Waals surface area contributed by atoms with Crippen molar-refractivity contribution >= 4 is 18.0 Å². The normalized spacial score (nSPS) is 18.4. The maximum atomic E-state index is 12.6. The van der Waals surface area contributed by atoms with Crippen molar-refractivity contribution in [1.29, 1.82) is 0 Å². The van der Waals surface area contributed by atoms with Gasteiger partial charge >= 0.3 is 12.1 Å². The van der Waals surface area contributed by atoms with E-state index >= 15 is 0 Å². The number of aliphatic carboxylic acids is 1. The summed E-state index contributed by atoms with van der Waals surface area (Å²) in [5, 5.41) is 14.3. The molecule has 0 aromatic heterocycles. The van der Waals surface area contributed by atoms with Crippen LogP contribution in [-0.2, 0) is 19.1 Å². The molecule has 2 aliphatic rings. The van der Waals surface area contributed by atoms with Crippen LogP contribution in [-0.4, -0.2) is 55.5 Å².